The predicted molar refractivity (Wildman–Crippen MR) is 73.3 cm³/mol. The van der Waals surface area contributed by atoms with Crippen molar-refractivity contribution in [1.82, 2.24) is 0 Å². The van der Waals surface area contributed by atoms with E-state index in [0.717, 1.165) is 24.8 Å². The van der Waals surface area contributed by atoms with E-state index in [1.807, 2.05) is 6.26 Å². The zero-order chi connectivity index (χ0) is 13.5. The van der Waals surface area contributed by atoms with Gasteiger partial charge in [0.15, 0.2) is 11.5 Å². The molecule has 0 bridgehead atoms. The highest BCUT2D eigenvalue weighted by Crippen LogP contribution is 2.41. The van der Waals surface area contributed by atoms with Gasteiger partial charge in [-0.3, -0.25) is 0 Å². The molecule has 102 valence electrons. The Morgan fingerprint density at radius 3 is 2.39 bits per heavy atom. The lowest BCUT2D eigenvalue weighted by molar-refractivity contribution is 0.339. The lowest BCUT2D eigenvalue weighted by Gasteiger charge is -2.16. The van der Waals surface area contributed by atoms with Crippen LogP contribution >= 0.6 is 11.8 Å². The lowest BCUT2D eigenvalue weighted by atomic mass is 10.1. The molecule has 0 atom stereocenters. The molecule has 0 spiro atoms. The summed E-state index contributed by atoms with van der Waals surface area (Å²) in [4.78, 5) is 0.483. The minimum absolute atomic E-state index is 0.261. The summed E-state index contributed by atoms with van der Waals surface area (Å²) in [6.07, 6.45) is 4.38. The first-order valence-corrected chi connectivity index (χ1v) is 7.09. The molecular formula is C13H20FNO2S. The molecular weight excluding hydrogens is 253 g/mol. The van der Waals surface area contributed by atoms with Crippen molar-refractivity contribution in [3.63, 3.8) is 0 Å². The molecule has 0 heterocycles. The molecule has 1 rings (SSSR count). The second-order valence-corrected chi connectivity index (χ2v) is 4.68. The Hall–Kier alpha value is -0.940. The van der Waals surface area contributed by atoms with E-state index in [9.17, 15) is 4.39 Å². The van der Waals surface area contributed by atoms with Crippen LogP contribution in [0, 0.1) is 5.82 Å². The van der Waals surface area contributed by atoms with Gasteiger partial charge < -0.3 is 15.2 Å². The summed E-state index contributed by atoms with van der Waals surface area (Å²) in [5.74, 6) is 0.843. The van der Waals surface area contributed by atoms with Crippen LogP contribution in [-0.4, -0.2) is 27.0 Å². The Morgan fingerprint density at radius 2 is 1.89 bits per heavy atom. The normalized spacial score (nSPS) is 10.5. The summed E-state index contributed by atoms with van der Waals surface area (Å²) < 4.78 is 24.6. The summed E-state index contributed by atoms with van der Waals surface area (Å²) >= 11 is 1.31. The number of methoxy groups -OCH3 is 2. The van der Waals surface area contributed by atoms with Crippen LogP contribution in [0.4, 0.5) is 4.39 Å². The molecule has 0 saturated heterocycles. The third kappa shape index (κ3) is 3.29. The quantitative estimate of drug-likeness (QED) is 0.613. The van der Waals surface area contributed by atoms with Gasteiger partial charge in [-0.25, -0.2) is 4.39 Å². The maximum absolute atomic E-state index is 13.9. The van der Waals surface area contributed by atoms with E-state index >= 15 is 0 Å². The van der Waals surface area contributed by atoms with Crippen LogP contribution in [0.15, 0.2) is 11.0 Å². The number of thioether (sulfide) groups is 1. The van der Waals surface area contributed by atoms with Crippen molar-refractivity contribution >= 4 is 11.8 Å². The van der Waals surface area contributed by atoms with Gasteiger partial charge in [0.05, 0.1) is 19.1 Å². The zero-order valence-corrected chi connectivity index (χ0v) is 11.9. The Balaban J connectivity index is 3.13. The molecule has 2 N–H and O–H groups in total. The van der Waals surface area contributed by atoms with Crippen molar-refractivity contribution in [3.05, 3.63) is 17.4 Å². The van der Waals surface area contributed by atoms with Gasteiger partial charge >= 0.3 is 0 Å². The van der Waals surface area contributed by atoms with Crippen LogP contribution in [0.5, 0.6) is 11.5 Å². The molecule has 0 unspecified atom stereocenters. The summed E-state index contributed by atoms with van der Waals surface area (Å²) in [5, 5.41) is 0. The largest absolute Gasteiger partial charge is 0.493 e. The third-order valence-electron chi connectivity index (χ3n) is 2.73. The molecule has 0 saturated carbocycles. The fraction of sp³-hybridized carbons (Fsp3) is 0.538. The number of benzene rings is 1. The Labute approximate surface area is 112 Å². The highest BCUT2D eigenvalue weighted by atomic mass is 32.2. The van der Waals surface area contributed by atoms with Crippen LogP contribution in [0.1, 0.15) is 18.4 Å². The van der Waals surface area contributed by atoms with Crippen molar-refractivity contribution in [3.8, 4) is 11.5 Å². The molecule has 0 aliphatic rings. The van der Waals surface area contributed by atoms with Crippen molar-refractivity contribution in [2.45, 2.75) is 24.2 Å². The summed E-state index contributed by atoms with van der Waals surface area (Å²) in [5.41, 5.74) is 6.29. The van der Waals surface area contributed by atoms with E-state index in [2.05, 4.69) is 0 Å². The second-order valence-electron chi connectivity index (χ2n) is 3.86. The van der Waals surface area contributed by atoms with Crippen molar-refractivity contribution in [1.29, 1.82) is 0 Å². The maximum Gasteiger partial charge on any atom is 0.177 e. The standard InChI is InChI=1S/C13H20FNO2S/c1-16-11-9(6-4-5-7-15)8-10(14)13(18-3)12(11)17-2/h8H,4-7,15H2,1-3H3. The number of aryl methyl sites for hydroxylation is 1. The number of unbranched alkanes of at least 4 members (excludes halogenated alkanes) is 1. The Morgan fingerprint density at radius 1 is 1.22 bits per heavy atom. The first-order valence-electron chi connectivity index (χ1n) is 5.87. The minimum atomic E-state index is -0.261. The number of nitrogens with two attached hydrogens (primary N) is 1. The third-order valence-corrected chi connectivity index (χ3v) is 3.52. The molecule has 1 aromatic carbocycles. The van der Waals surface area contributed by atoms with Gasteiger partial charge in [0.2, 0.25) is 0 Å². The van der Waals surface area contributed by atoms with E-state index in [4.69, 9.17) is 15.2 Å². The first kappa shape index (κ1) is 15.1. The van der Waals surface area contributed by atoms with Gasteiger partial charge in [0.1, 0.15) is 5.82 Å². The molecule has 0 aliphatic carbocycles. The average Bonchev–Trinajstić information content (AvgIpc) is 2.38. The molecule has 0 fully saturated rings. The van der Waals surface area contributed by atoms with Gasteiger partial charge in [-0.2, -0.15) is 0 Å². The van der Waals surface area contributed by atoms with Crippen LogP contribution in [0.3, 0.4) is 0 Å². The smallest absolute Gasteiger partial charge is 0.177 e. The van der Waals surface area contributed by atoms with Gasteiger partial charge in [-0.05, 0) is 38.1 Å². The van der Waals surface area contributed by atoms with Gasteiger partial charge in [0.25, 0.3) is 0 Å². The van der Waals surface area contributed by atoms with Crippen LogP contribution in [0.25, 0.3) is 0 Å². The van der Waals surface area contributed by atoms with Crippen LogP contribution < -0.4 is 15.2 Å². The van der Waals surface area contributed by atoms with Crippen LogP contribution in [-0.2, 0) is 6.42 Å². The van der Waals surface area contributed by atoms with Gasteiger partial charge in [-0.1, -0.05) is 0 Å². The summed E-state index contributed by atoms with van der Waals surface area (Å²) in [7, 11) is 3.10. The van der Waals surface area contributed by atoms with Gasteiger partial charge in [-0.15, -0.1) is 11.8 Å². The van der Waals surface area contributed by atoms with E-state index in [1.165, 1.54) is 24.9 Å². The van der Waals surface area contributed by atoms with Gasteiger partial charge in [0, 0.05) is 5.56 Å². The highest BCUT2D eigenvalue weighted by molar-refractivity contribution is 7.98. The van der Waals surface area contributed by atoms with Crippen molar-refractivity contribution < 1.29 is 13.9 Å². The zero-order valence-electron chi connectivity index (χ0n) is 11.1. The second kappa shape index (κ2) is 7.48. The predicted octanol–water partition coefficient (Wildman–Crippen LogP) is 2.85. The topological polar surface area (TPSA) is 44.5 Å². The SMILES string of the molecule is COc1c(CCCCN)cc(F)c(SC)c1OC. The lowest BCUT2D eigenvalue weighted by Crippen LogP contribution is -2.02. The summed E-state index contributed by atoms with van der Waals surface area (Å²) in [6, 6.07) is 1.53. The maximum atomic E-state index is 13.9. The molecule has 1 aromatic rings. The number of ether oxygens (including phenoxy) is 2. The molecule has 0 radical (unpaired) electrons. The van der Waals surface area contributed by atoms with E-state index in [0.29, 0.717) is 22.9 Å². The fourth-order valence-corrected chi connectivity index (χ4v) is 2.50. The first-order chi connectivity index (χ1) is 8.69. The molecule has 5 heteroatoms. The fourth-order valence-electron chi connectivity index (χ4n) is 1.89. The van der Waals surface area contributed by atoms with E-state index in [-0.39, 0.29) is 5.82 Å². The molecule has 0 aliphatic heterocycles. The minimum Gasteiger partial charge on any atom is -0.493 e. The highest BCUT2D eigenvalue weighted by Gasteiger charge is 2.19. The number of rotatable bonds is 7. The summed E-state index contributed by atoms with van der Waals surface area (Å²) in [6.45, 7) is 0.644. The Kier molecular flexibility index (Phi) is 6.29. The molecule has 0 aromatic heterocycles. The number of hydrogen-bond acceptors (Lipinski definition) is 4. The number of hydrogen-bond donors (Lipinski definition) is 1. The molecule has 0 amide bonds. The monoisotopic (exact) mass is 273 g/mol. The average molecular weight is 273 g/mol. The van der Waals surface area contributed by atoms with Crippen LogP contribution in [0.2, 0.25) is 0 Å². The molecule has 3 nitrogen and oxygen atoms in total. The number of halogens is 1. The molecule has 18 heavy (non-hydrogen) atoms. The Bertz CT molecular complexity index is 399. The van der Waals surface area contributed by atoms with Crippen molar-refractivity contribution in [2.75, 3.05) is 27.0 Å². The van der Waals surface area contributed by atoms with Crippen molar-refractivity contribution in [2.24, 2.45) is 5.73 Å². The van der Waals surface area contributed by atoms with E-state index in [1.54, 1.807) is 7.11 Å². The van der Waals surface area contributed by atoms with E-state index < -0.39 is 0 Å².